The molecule has 2 aromatic carbocycles. The molecule has 0 spiro atoms. The number of benzene rings is 2. The van der Waals surface area contributed by atoms with Gasteiger partial charge in [0.05, 0.1) is 19.3 Å². The van der Waals surface area contributed by atoms with Gasteiger partial charge in [-0.3, -0.25) is 0 Å². The number of likely N-dealkylation sites (tertiary alicyclic amines) is 1. The van der Waals surface area contributed by atoms with Crippen molar-refractivity contribution in [2.45, 2.75) is 32.5 Å². The van der Waals surface area contributed by atoms with E-state index >= 15 is 0 Å². The lowest BCUT2D eigenvalue weighted by Crippen LogP contribution is -2.40. The minimum Gasteiger partial charge on any atom is -0.494 e. The van der Waals surface area contributed by atoms with E-state index in [1.54, 1.807) is 0 Å². The topological polar surface area (TPSA) is 59.0 Å². The Morgan fingerprint density at radius 2 is 1.81 bits per heavy atom. The van der Waals surface area contributed by atoms with Gasteiger partial charge in [-0.05, 0) is 48.6 Å². The maximum Gasteiger partial charge on any atom is 0.407 e. The average molecular weight is 355 g/mol. The third-order valence-electron chi connectivity index (χ3n) is 4.68. The van der Waals surface area contributed by atoms with Crippen LogP contribution in [0.25, 0.3) is 11.1 Å². The summed E-state index contributed by atoms with van der Waals surface area (Å²) < 4.78 is 11.6. The third kappa shape index (κ3) is 4.55. The number of ether oxygens (including phenoxy) is 2. The molecule has 1 fully saturated rings. The normalized spacial score (nSPS) is 15.0. The predicted octanol–water partition coefficient (Wildman–Crippen LogP) is 4.41. The third-order valence-corrected chi connectivity index (χ3v) is 4.68. The first kappa shape index (κ1) is 18.3. The van der Waals surface area contributed by atoms with Crippen LogP contribution in [0.2, 0.25) is 0 Å². The second kappa shape index (κ2) is 8.72. The molecule has 0 aliphatic carbocycles. The fourth-order valence-corrected chi connectivity index (χ4v) is 3.25. The van der Waals surface area contributed by atoms with Gasteiger partial charge in [-0.15, -0.1) is 0 Å². The lowest BCUT2D eigenvalue weighted by molar-refractivity contribution is 0.000543. The number of carbonyl (C=O) groups is 1. The highest BCUT2D eigenvalue weighted by atomic mass is 16.5. The van der Waals surface area contributed by atoms with Crippen molar-refractivity contribution in [1.82, 2.24) is 4.90 Å². The van der Waals surface area contributed by atoms with Crippen molar-refractivity contribution in [3.8, 4) is 16.9 Å². The Hall–Kier alpha value is -2.53. The van der Waals surface area contributed by atoms with Gasteiger partial charge < -0.3 is 19.5 Å². The largest absolute Gasteiger partial charge is 0.494 e. The lowest BCUT2D eigenvalue weighted by atomic mass is 10.00. The van der Waals surface area contributed by atoms with Crippen LogP contribution in [-0.2, 0) is 11.3 Å². The van der Waals surface area contributed by atoms with Gasteiger partial charge in [-0.25, -0.2) is 4.79 Å². The quantitative estimate of drug-likeness (QED) is 0.834. The number of amides is 1. The van der Waals surface area contributed by atoms with Gasteiger partial charge >= 0.3 is 6.09 Å². The molecule has 1 heterocycles. The summed E-state index contributed by atoms with van der Waals surface area (Å²) in [6.45, 7) is 4.24. The van der Waals surface area contributed by atoms with Crippen molar-refractivity contribution in [2.75, 3.05) is 19.7 Å². The van der Waals surface area contributed by atoms with E-state index in [2.05, 4.69) is 24.3 Å². The average Bonchev–Trinajstić information content (AvgIpc) is 2.68. The molecule has 26 heavy (non-hydrogen) atoms. The SMILES string of the molecule is CCOc1ccc(-c2ccccc2COC2CCN(C(=O)O)CC2)cc1. The van der Waals surface area contributed by atoms with Crippen LogP contribution in [0, 0.1) is 0 Å². The van der Waals surface area contributed by atoms with E-state index in [0.29, 0.717) is 26.3 Å². The fourth-order valence-electron chi connectivity index (χ4n) is 3.25. The highest BCUT2D eigenvalue weighted by Gasteiger charge is 2.22. The van der Waals surface area contributed by atoms with Gasteiger partial charge in [0.25, 0.3) is 0 Å². The molecule has 1 N–H and O–H groups in total. The summed E-state index contributed by atoms with van der Waals surface area (Å²) in [5.41, 5.74) is 3.42. The molecular formula is C21H25NO4. The van der Waals surface area contributed by atoms with Crippen LogP contribution < -0.4 is 4.74 Å². The molecule has 1 aliphatic heterocycles. The van der Waals surface area contributed by atoms with Gasteiger partial charge in [-0.2, -0.15) is 0 Å². The summed E-state index contributed by atoms with van der Waals surface area (Å²) in [7, 11) is 0. The number of piperidine rings is 1. The molecule has 2 aromatic rings. The van der Waals surface area contributed by atoms with Crippen molar-refractivity contribution < 1.29 is 19.4 Å². The van der Waals surface area contributed by atoms with Gasteiger partial charge in [0.2, 0.25) is 0 Å². The van der Waals surface area contributed by atoms with E-state index in [0.717, 1.165) is 35.3 Å². The second-order valence-electron chi connectivity index (χ2n) is 6.39. The summed E-state index contributed by atoms with van der Waals surface area (Å²) in [5.74, 6) is 0.871. The Balaban J connectivity index is 1.63. The summed E-state index contributed by atoms with van der Waals surface area (Å²) in [5, 5.41) is 9.02. The standard InChI is InChI=1S/C21H25NO4/c1-2-25-18-9-7-16(8-10-18)20-6-4-3-5-17(20)15-26-19-11-13-22(14-12-19)21(23)24/h3-10,19H,2,11-15H2,1H3,(H,23,24). The molecule has 1 saturated heterocycles. The number of hydrogen-bond donors (Lipinski definition) is 1. The molecular weight excluding hydrogens is 330 g/mol. The molecule has 3 rings (SSSR count). The van der Waals surface area contributed by atoms with Crippen LogP contribution >= 0.6 is 0 Å². The molecule has 0 radical (unpaired) electrons. The molecule has 0 saturated carbocycles. The van der Waals surface area contributed by atoms with Crippen LogP contribution in [0.5, 0.6) is 5.75 Å². The minimum absolute atomic E-state index is 0.110. The number of rotatable bonds is 6. The smallest absolute Gasteiger partial charge is 0.407 e. The maximum atomic E-state index is 11.0. The zero-order valence-electron chi connectivity index (χ0n) is 15.1. The molecule has 1 amide bonds. The highest BCUT2D eigenvalue weighted by Crippen LogP contribution is 2.27. The Bertz CT molecular complexity index is 721. The van der Waals surface area contributed by atoms with E-state index in [9.17, 15) is 4.79 Å². The van der Waals surface area contributed by atoms with Gasteiger partial charge in [0, 0.05) is 13.1 Å². The maximum absolute atomic E-state index is 11.0. The Morgan fingerprint density at radius 3 is 2.46 bits per heavy atom. The van der Waals surface area contributed by atoms with Crippen LogP contribution in [0.4, 0.5) is 4.79 Å². The first-order valence-corrected chi connectivity index (χ1v) is 9.08. The summed E-state index contributed by atoms with van der Waals surface area (Å²) in [6, 6.07) is 16.3. The Kier molecular flexibility index (Phi) is 6.12. The van der Waals surface area contributed by atoms with Crippen LogP contribution in [-0.4, -0.2) is 41.9 Å². The summed E-state index contributed by atoms with van der Waals surface area (Å²) >= 11 is 0. The fraction of sp³-hybridized carbons (Fsp3) is 0.381. The number of nitrogens with zero attached hydrogens (tertiary/aromatic N) is 1. The zero-order chi connectivity index (χ0) is 18.4. The van der Waals surface area contributed by atoms with Crippen molar-refractivity contribution in [3.05, 3.63) is 54.1 Å². The number of carboxylic acid groups (broad SMARTS) is 1. The first-order valence-electron chi connectivity index (χ1n) is 9.08. The van der Waals surface area contributed by atoms with E-state index in [1.165, 1.54) is 4.90 Å². The van der Waals surface area contributed by atoms with E-state index in [-0.39, 0.29) is 6.10 Å². The minimum atomic E-state index is -0.843. The molecule has 0 bridgehead atoms. The number of hydrogen-bond acceptors (Lipinski definition) is 3. The predicted molar refractivity (Wildman–Crippen MR) is 100 cm³/mol. The molecule has 0 aromatic heterocycles. The van der Waals surface area contributed by atoms with Crippen molar-refractivity contribution in [1.29, 1.82) is 0 Å². The molecule has 138 valence electrons. The van der Waals surface area contributed by atoms with Crippen molar-refractivity contribution in [2.24, 2.45) is 0 Å². The molecule has 0 atom stereocenters. The Morgan fingerprint density at radius 1 is 1.12 bits per heavy atom. The first-order chi connectivity index (χ1) is 12.7. The highest BCUT2D eigenvalue weighted by molar-refractivity contribution is 5.68. The van der Waals surface area contributed by atoms with Crippen LogP contribution in [0.15, 0.2) is 48.5 Å². The molecule has 5 nitrogen and oxygen atoms in total. The monoisotopic (exact) mass is 355 g/mol. The second-order valence-corrected chi connectivity index (χ2v) is 6.39. The van der Waals surface area contributed by atoms with Crippen LogP contribution in [0.1, 0.15) is 25.3 Å². The summed E-state index contributed by atoms with van der Waals surface area (Å²) in [6.07, 6.45) is 0.762. The molecule has 1 aliphatic rings. The lowest BCUT2D eigenvalue weighted by Gasteiger charge is -2.30. The van der Waals surface area contributed by atoms with Gasteiger partial charge in [0.15, 0.2) is 0 Å². The molecule has 0 unspecified atom stereocenters. The van der Waals surface area contributed by atoms with E-state index in [4.69, 9.17) is 14.6 Å². The van der Waals surface area contributed by atoms with Crippen molar-refractivity contribution >= 4 is 6.09 Å². The van der Waals surface area contributed by atoms with E-state index < -0.39 is 6.09 Å². The van der Waals surface area contributed by atoms with Gasteiger partial charge in [0.1, 0.15) is 5.75 Å². The Labute approximate surface area is 154 Å². The molecule has 5 heteroatoms. The summed E-state index contributed by atoms with van der Waals surface area (Å²) in [4.78, 5) is 12.4. The zero-order valence-corrected chi connectivity index (χ0v) is 15.1. The van der Waals surface area contributed by atoms with Crippen molar-refractivity contribution in [3.63, 3.8) is 0 Å². The van der Waals surface area contributed by atoms with Gasteiger partial charge in [-0.1, -0.05) is 36.4 Å². The van der Waals surface area contributed by atoms with E-state index in [1.807, 2.05) is 31.2 Å². The van der Waals surface area contributed by atoms with Crippen LogP contribution in [0.3, 0.4) is 0 Å².